The van der Waals surface area contributed by atoms with Gasteiger partial charge < -0.3 is 10.1 Å². The number of nitrogens with zero attached hydrogens (tertiary/aromatic N) is 2. The van der Waals surface area contributed by atoms with Crippen LogP contribution >= 0.6 is 11.3 Å². The lowest BCUT2D eigenvalue weighted by molar-refractivity contribution is -0.119. The lowest BCUT2D eigenvalue weighted by Gasteiger charge is -2.15. The van der Waals surface area contributed by atoms with Crippen molar-refractivity contribution in [3.05, 3.63) is 64.3 Å². The summed E-state index contributed by atoms with van der Waals surface area (Å²) >= 11 is 1.53. The van der Waals surface area contributed by atoms with Gasteiger partial charge in [0.05, 0.1) is 12.0 Å². The Morgan fingerprint density at radius 1 is 1.24 bits per heavy atom. The summed E-state index contributed by atoms with van der Waals surface area (Å²) < 4.78 is 6.34. The van der Waals surface area contributed by atoms with E-state index in [9.17, 15) is 9.59 Å². The zero-order valence-corrected chi connectivity index (χ0v) is 14.6. The van der Waals surface area contributed by atoms with E-state index in [1.54, 1.807) is 44.4 Å². The molecule has 25 heavy (non-hydrogen) atoms. The maximum Gasteiger partial charge on any atom is 0.267 e. The van der Waals surface area contributed by atoms with Crippen molar-refractivity contribution in [1.82, 2.24) is 9.78 Å². The van der Waals surface area contributed by atoms with Gasteiger partial charge in [0.1, 0.15) is 17.5 Å². The molecule has 0 bridgehead atoms. The van der Waals surface area contributed by atoms with Gasteiger partial charge in [0.2, 0.25) is 5.91 Å². The highest BCUT2D eigenvalue weighted by molar-refractivity contribution is 7.13. The van der Waals surface area contributed by atoms with E-state index < -0.39 is 6.04 Å². The molecule has 0 aliphatic rings. The molecule has 1 amide bonds. The van der Waals surface area contributed by atoms with Gasteiger partial charge in [0.15, 0.2) is 0 Å². The Balaban J connectivity index is 1.84. The van der Waals surface area contributed by atoms with Gasteiger partial charge in [-0.25, -0.2) is 4.68 Å². The summed E-state index contributed by atoms with van der Waals surface area (Å²) in [7, 11) is 1.56. The van der Waals surface area contributed by atoms with E-state index in [-0.39, 0.29) is 11.5 Å². The molecule has 6 nitrogen and oxygen atoms in total. The number of hydrogen-bond donors (Lipinski definition) is 1. The van der Waals surface area contributed by atoms with Crippen molar-refractivity contribution in [2.24, 2.45) is 0 Å². The summed E-state index contributed by atoms with van der Waals surface area (Å²) in [6, 6.07) is 13.2. The first kappa shape index (κ1) is 16.9. The minimum atomic E-state index is -0.751. The van der Waals surface area contributed by atoms with E-state index in [0.717, 1.165) is 4.88 Å². The second kappa shape index (κ2) is 7.31. The SMILES string of the molecule is COc1cccc(NC(=O)C(C)n2nc(-c3cccs3)ccc2=O)c1. The molecule has 1 aromatic carbocycles. The highest BCUT2D eigenvalue weighted by atomic mass is 32.1. The summed E-state index contributed by atoms with van der Waals surface area (Å²) in [6.07, 6.45) is 0. The number of ether oxygens (including phenoxy) is 1. The molecule has 7 heteroatoms. The van der Waals surface area contributed by atoms with Crippen molar-refractivity contribution >= 4 is 22.9 Å². The Kier molecular flexibility index (Phi) is 4.95. The Labute approximate surface area is 148 Å². The predicted molar refractivity (Wildman–Crippen MR) is 98.1 cm³/mol. The van der Waals surface area contributed by atoms with Crippen molar-refractivity contribution in [2.45, 2.75) is 13.0 Å². The molecule has 0 spiro atoms. The van der Waals surface area contributed by atoms with Crippen LogP contribution in [0, 0.1) is 0 Å². The molecular weight excluding hydrogens is 338 g/mol. The zero-order chi connectivity index (χ0) is 17.8. The molecule has 1 unspecified atom stereocenters. The first-order chi connectivity index (χ1) is 12.1. The summed E-state index contributed by atoms with van der Waals surface area (Å²) in [6.45, 7) is 1.64. The van der Waals surface area contributed by atoms with Crippen molar-refractivity contribution in [3.63, 3.8) is 0 Å². The number of carbonyl (C=O) groups is 1. The number of amides is 1. The number of methoxy groups -OCH3 is 1. The molecule has 2 aromatic heterocycles. The van der Waals surface area contributed by atoms with E-state index in [0.29, 0.717) is 17.1 Å². The normalized spacial score (nSPS) is 11.8. The average Bonchev–Trinajstić information content (AvgIpc) is 3.16. The van der Waals surface area contributed by atoms with Crippen LogP contribution < -0.4 is 15.6 Å². The van der Waals surface area contributed by atoms with Crippen molar-refractivity contribution in [1.29, 1.82) is 0 Å². The zero-order valence-electron chi connectivity index (χ0n) is 13.8. The minimum Gasteiger partial charge on any atom is -0.497 e. The maximum absolute atomic E-state index is 12.5. The van der Waals surface area contributed by atoms with Crippen molar-refractivity contribution in [3.8, 4) is 16.3 Å². The van der Waals surface area contributed by atoms with E-state index >= 15 is 0 Å². The third-order valence-corrected chi connectivity index (χ3v) is 4.57. The summed E-state index contributed by atoms with van der Waals surface area (Å²) in [4.78, 5) is 25.6. The van der Waals surface area contributed by atoms with Crippen LogP contribution in [-0.4, -0.2) is 22.8 Å². The lowest BCUT2D eigenvalue weighted by atomic mass is 10.2. The molecule has 3 aromatic rings. The second-order valence-corrected chi connectivity index (χ2v) is 6.32. The molecule has 3 rings (SSSR count). The van der Waals surface area contributed by atoms with E-state index in [4.69, 9.17) is 4.74 Å². The molecule has 128 valence electrons. The highest BCUT2D eigenvalue weighted by Gasteiger charge is 2.18. The van der Waals surface area contributed by atoms with Gasteiger partial charge in [-0.3, -0.25) is 9.59 Å². The first-order valence-electron chi connectivity index (χ1n) is 7.67. The van der Waals surface area contributed by atoms with Gasteiger partial charge in [-0.05, 0) is 36.6 Å². The van der Waals surface area contributed by atoms with Gasteiger partial charge >= 0.3 is 0 Å². The molecular formula is C18H17N3O3S. The van der Waals surface area contributed by atoms with Crippen molar-refractivity contribution in [2.75, 3.05) is 12.4 Å². The molecule has 0 aliphatic heterocycles. The van der Waals surface area contributed by atoms with Crippen LogP contribution in [-0.2, 0) is 4.79 Å². The monoisotopic (exact) mass is 355 g/mol. The highest BCUT2D eigenvalue weighted by Crippen LogP contribution is 2.22. The Hall–Kier alpha value is -2.93. The fourth-order valence-electron chi connectivity index (χ4n) is 2.32. The first-order valence-corrected chi connectivity index (χ1v) is 8.55. The third kappa shape index (κ3) is 3.77. The number of hydrogen-bond acceptors (Lipinski definition) is 5. The average molecular weight is 355 g/mol. The molecule has 0 fully saturated rings. The van der Waals surface area contributed by atoms with Crippen LogP contribution in [0.15, 0.2) is 58.7 Å². The molecule has 0 aliphatic carbocycles. The molecule has 1 atom stereocenters. The third-order valence-electron chi connectivity index (χ3n) is 3.68. The van der Waals surface area contributed by atoms with E-state index in [2.05, 4.69) is 10.4 Å². The number of thiophene rings is 1. The fraction of sp³-hybridized carbons (Fsp3) is 0.167. The largest absolute Gasteiger partial charge is 0.497 e. The van der Waals surface area contributed by atoms with Gasteiger partial charge in [-0.2, -0.15) is 5.10 Å². The van der Waals surface area contributed by atoms with Crippen LogP contribution in [0.4, 0.5) is 5.69 Å². The summed E-state index contributed by atoms with van der Waals surface area (Å²) in [5, 5.41) is 9.06. The summed E-state index contributed by atoms with van der Waals surface area (Å²) in [5.41, 5.74) is 0.933. The quantitative estimate of drug-likeness (QED) is 0.763. The number of benzene rings is 1. The second-order valence-electron chi connectivity index (χ2n) is 5.38. The van der Waals surface area contributed by atoms with Gasteiger partial charge in [0.25, 0.3) is 5.56 Å². The Bertz CT molecular complexity index is 935. The Morgan fingerprint density at radius 3 is 2.80 bits per heavy atom. The number of aromatic nitrogens is 2. The minimum absolute atomic E-state index is 0.325. The molecule has 0 saturated carbocycles. The number of nitrogens with one attached hydrogen (secondary N) is 1. The van der Waals surface area contributed by atoms with Gasteiger partial charge in [0, 0.05) is 17.8 Å². The molecule has 0 saturated heterocycles. The Morgan fingerprint density at radius 2 is 2.08 bits per heavy atom. The van der Waals surface area contributed by atoms with E-state index in [1.807, 2.05) is 17.5 Å². The number of rotatable bonds is 5. The van der Waals surface area contributed by atoms with Crippen LogP contribution in [0.2, 0.25) is 0 Å². The van der Waals surface area contributed by atoms with Crippen molar-refractivity contribution < 1.29 is 9.53 Å². The maximum atomic E-state index is 12.5. The smallest absolute Gasteiger partial charge is 0.267 e. The van der Waals surface area contributed by atoms with Crippen LogP contribution in [0.5, 0.6) is 5.75 Å². The molecule has 0 radical (unpaired) electrons. The standard InChI is InChI=1S/C18H17N3O3S/c1-12(18(23)19-13-5-3-6-14(11-13)24-2)21-17(22)9-8-15(20-21)16-7-4-10-25-16/h3-12H,1-2H3,(H,19,23). The van der Waals surface area contributed by atoms with Gasteiger partial charge in [-0.1, -0.05) is 12.1 Å². The lowest BCUT2D eigenvalue weighted by Crippen LogP contribution is -2.33. The number of carbonyl (C=O) groups excluding carboxylic acids is 1. The van der Waals surface area contributed by atoms with Crippen LogP contribution in [0.25, 0.3) is 10.6 Å². The fourth-order valence-corrected chi connectivity index (χ4v) is 3.01. The van der Waals surface area contributed by atoms with Gasteiger partial charge in [-0.15, -0.1) is 11.3 Å². The summed E-state index contributed by atoms with van der Waals surface area (Å²) in [5.74, 6) is 0.312. The van der Waals surface area contributed by atoms with E-state index in [1.165, 1.54) is 22.1 Å². The topological polar surface area (TPSA) is 73.2 Å². The molecule has 1 N–H and O–H groups in total. The number of anilines is 1. The predicted octanol–water partition coefficient (Wildman–Crippen LogP) is 3.18. The van der Waals surface area contributed by atoms with Crippen LogP contribution in [0.3, 0.4) is 0 Å². The van der Waals surface area contributed by atoms with Crippen LogP contribution in [0.1, 0.15) is 13.0 Å². The molecule has 2 heterocycles.